The summed E-state index contributed by atoms with van der Waals surface area (Å²) < 4.78 is 13.1. The van der Waals surface area contributed by atoms with E-state index in [4.69, 9.17) is 11.5 Å². The van der Waals surface area contributed by atoms with Crippen molar-refractivity contribution < 1.29 is 14.0 Å². The molecule has 0 aliphatic carbocycles. The molecule has 0 spiro atoms. The zero-order chi connectivity index (χ0) is 13.0. The van der Waals surface area contributed by atoms with Crippen LogP contribution in [0.15, 0.2) is 18.2 Å². The first kappa shape index (κ1) is 13.0. The van der Waals surface area contributed by atoms with Crippen LogP contribution in [0.4, 0.5) is 10.1 Å². The Morgan fingerprint density at radius 2 is 2.12 bits per heavy atom. The predicted octanol–water partition coefficient (Wildman–Crippen LogP) is 0.402. The molecule has 1 aromatic carbocycles. The summed E-state index contributed by atoms with van der Waals surface area (Å²) in [6, 6.07) is 3.36. The topological polar surface area (TPSA) is 98.2 Å². The molecule has 0 saturated heterocycles. The largest absolute Gasteiger partial charge is 0.396 e. The van der Waals surface area contributed by atoms with E-state index >= 15 is 0 Å². The first-order chi connectivity index (χ1) is 7.90. The lowest BCUT2D eigenvalue weighted by atomic mass is 10.1. The van der Waals surface area contributed by atoms with E-state index in [9.17, 15) is 14.0 Å². The van der Waals surface area contributed by atoms with Crippen molar-refractivity contribution in [2.45, 2.75) is 19.4 Å². The Bertz CT molecular complexity index is 448. The number of nitrogens with two attached hydrogens (primary N) is 2. The number of nitrogen functional groups attached to an aromatic ring is 1. The van der Waals surface area contributed by atoms with Crippen LogP contribution in [-0.4, -0.2) is 17.9 Å². The molecule has 0 aromatic heterocycles. The van der Waals surface area contributed by atoms with Crippen molar-refractivity contribution in [1.82, 2.24) is 5.32 Å². The fraction of sp³-hybridized carbons (Fsp3) is 0.273. The van der Waals surface area contributed by atoms with Gasteiger partial charge in [0.05, 0.1) is 5.69 Å². The molecule has 6 heteroatoms. The van der Waals surface area contributed by atoms with E-state index in [0.29, 0.717) is 0 Å². The Kier molecular flexibility index (Phi) is 4.03. The highest BCUT2D eigenvalue weighted by molar-refractivity contribution is 5.95. The van der Waals surface area contributed by atoms with Crippen molar-refractivity contribution in [3.63, 3.8) is 0 Å². The van der Waals surface area contributed by atoms with Crippen LogP contribution < -0.4 is 16.8 Å². The van der Waals surface area contributed by atoms with E-state index in [-0.39, 0.29) is 17.7 Å². The summed E-state index contributed by atoms with van der Waals surface area (Å²) in [5, 5.41) is 2.53. The van der Waals surface area contributed by atoms with Gasteiger partial charge in [0.15, 0.2) is 0 Å². The first-order valence-electron chi connectivity index (χ1n) is 5.04. The molecule has 5 nitrogen and oxygen atoms in total. The molecular weight excluding hydrogens is 225 g/mol. The van der Waals surface area contributed by atoms with Crippen molar-refractivity contribution in [2.75, 3.05) is 5.73 Å². The second kappa shape index (κ2) is 5.29. The SMILES string of the molecule is CC(CC(N)=O)NC(=O)c1ccc(N)c(F)c1. The van der Waals surface area contributed by atoms with Crippen molar-refractivity contribution in [3.05, 3.63) is 29.6 Å². The predicted molar refractivity (Wildman–Crippen MR) is 61.6 cm³/mol. The van der Waals surface area contributed by atoms with Gasteiger partial charge in [-0.1, -0.05) is 0 Å². The molecule has 17 heavy (non-hydrogen) atoms. The van der Waals surface area contributed by atoms with Gasteiger partial charge >= 0.3 is 0 Å². The highest BCUT2D eigenvalue weighted by Gasteiger charge is 2.12. The van der Waals surface area contributed by atoms with Gasteiger partial charge in [0.1, 0.15) is 5.82 Å². The number of rotatable bonds is 4. The highest BCUT2D eigenvalue weighted by atomic mass is 19.1. The summed E-state index contributed by atoms with van der Waals surface area (Å²) in [6.45, 7) is 1.64. The molecule has 0 aliphatic heterocycles. The Balaban J connectivity index is 2.70. The number of hydrogen-bond donors (Lipinski definition) is 3. The van der Waals surface area contributed by atoms with Gasteiger partial charge in [-0.15, -0.1) is 0 Å². The highest BCUT2D eigenvalue weighted by Crippen LogP contribution is 2.12. The standard InChI is InChI=1S/C11H14FN3O2/c1-6(4-10(14)16)15-11(17)7-2-3-9(13)8(12)5-7/h2-3,5-6H,4,13H2,1H3,(H2,14,16)(H,15,17). The van der Waals surface area contributed by atoms with Gasteiger partial charge in [0, 0.05) is 18.0 Å². The molecule has 0 bridgehead atoms. The maximum Gasteiger partial charge on any atom is 0.251 e. The Morgan fingerprint density at radius 1 is 1.47 bits per heavy atom. The molecule has 2 amide bonds. The third-order valence-corrected chi connectivity index (χ3v) is 2.15. The van der Waals surface area contributed by atoms with Gasteiger partial charge < -0.3 is 16.8 Å². The van der Waals surface area contributed by atoms with Gasteiger partial charge in [-0.2, -0.15) is 0 Å². The maximum atomic E-state index is 13.1. The van der Waals surface area contributed by atoms with Gasteiger partial charge in [-0.3, -0.25) is 9.59 Å². The van der Waals surface area contributed by atoms with E-state index in [1.54, 1.807) is 6.92 Å². The second-order valence-corrected chi connectivity index (χ2v) is 3.78. The molecule has 0 fully saturated rings. The lowest BCUT2D eigenvalue weighted by Gasteiger charge is -2.12. The second-order valence-electron chi connectivity index (χ2n) is 3.78. The first-order valence-corrected chi connectivity index (χ1v) is 5.04. The molecule has 0 aliphatic rings. The fourth-order valence-corrected chi connectivity index (χ4v) is 1.33. The third kappa shape index (κ3) is 3.75. The number of carbonyl (C=O) groups excluding carboxylic acids is 2. The number of primary amides is 1. The maximum absolute atomic E-state index is 13.1. The average Bonchev–Trinajstić information content (AvgIpc) is 2.20. The molecule has 1 rings (SSSR count). The number of amides is 2. The van der Waals surface area contributed by atoms with Crippen molar-refractivity contribution in [1.29, 1.82) is 0 Å². The Morgan fingerprint density at radius 3 is 2.65 bits per heavy atom. The van der Waals surface area contributed by atoms with Crippen molar-refractivity contribution in [3.8, 4) is 0 Å². The molecule has 0 saturated carbocycles. The van der Waals surface area contributed by atoms with Gasteiger partial charge in [0.25, 0.3) is 5.91 Å². The molecule has 92 valence electrons. The summed E-state index contributed by atoms with van der Waals surface area (Å²) in [6.07, 6.45) is 0.0309. The van der Waals surface area contributed by atoms with Crippen molar-refractivity contribution in [2.24, 2.45) is 5.73 Å². The van der Waals surface area contributed by atoms with Crippen LogP contribution in [0.1, 0.15) is 23.7 Å². The quantitative estimate of drug-likeness (QED) is 0.663. The minimum absolute atomic E-state index is 0.0215. The van der Waals surface area contributed by atoms with E-state index < -0.39 is 23.7 Å². The van der Waals surface area contributed by atoms with E-state index in [1.165, 1.54) is 12.1 Å². The number of anilines is 1. The monoisotopic (exact) mass is 239 g/mol. The molecule has 1 aromatic rings. The zero-order valence-electron chi connectivity index (χ0n) is 9.37. The summed E-state index contributed by atoms with van der Waals surface area (Å²) in [5.74, 6) is -1.64. The third-order valence-electron chi connectivity index (χ3n) is 2.15. The van der Waals surface area contributed by atoms with Crippen LogP contribution in [0, 0.1) is 5.82 Å². The Labute approximate surface area is 98.0 Å². The number of nitrogens with one attached hydrogen (secondary N) is 1. The van der Waals surface area contributed by atoms with Gasteiger partial charge in [0.2, 0.25) is 5.91 Å². The van der Waals surface area contributed by atoms with Crippen LogP contribution >= 0.6 is 0 Å². The summed E-state index contributed by atoms with van der Waals surface area (Å²) in [5.41, 5.74) is 10.4. The lowest BCUT2D eigenvalue weighted by molar-refractivity contribution is -0.118. The van der Waals surface area contributed by atoms with E-state index in [1.807, 2.05) is 0 Å². The molecule has 1 unspecified atom stereocenters. The number of hydrogen-bond acceptors (Lipinski definition) is 3. The number of carbonyl (C=O) groups is 2. The van der Waals surface area contributed by atoms with Gasteiger partial charge in [-0.25, -0.2) is 4.39 Å². The van der Waals surface area contributed by atoms with Crippen LogP contribution in [-0.2, 0) is 4.79 Å². The minimum atomic E-state index is -0.653. The molecule has 1 atom stereocenters. The van der Waals surface area contributed by atoms with Gasteiger partial charge in [-0.05, 0) is 25.1 Å². The molecule has 0 heterocycles. The normalized spacial score (nSPS) is 11.9. The Hall–Kier alpha value is -2.11. The summed E-state index contributed by atoms with van der Waals surface area (Å²) in [7, 11) is 0. The van der Waals surface area contributed by atoms with E-state index in [0.717, 1.165) is 6.07 Å². The fourth-order valence-electron chi connectivity index (χ4n) is 1.33. The zero-order valence-corrected chi connectivity index (χ0v) is 9.37. The van der Waals surface area contributed by atoms with Crippen molar-refractivity contribution >= 4 is 17.5 Å². The lowest BCUT2D eigenvalue weighted by Crippen LogP contribution is -2.35. The minimum Gasteiger partial charge on any atom is -0.396 e. The molecule has 0 radical (unpaired) electrons. The van der Waals surface area contributed by atoms with E-state index in [2.05, 4.69) is 5.32 Å². The van der Waals surface area contributed by atoms with Crippen LogP contribution in [0.5, 0.6) is 0 Å². The van der Waals surface area contributed by atoms with Crippen LogP contribution in [0.2, 0.25) is 0 Å². The smallest absolute Gasteiger partial charge is 0.251 e. The van der Waals surface area contributed by atoms with Crippen LogP contribution in [0.3, 0.4) is 0 Å². The average molecular weight is 239 g/mol. The summed E-state index contributed by atoms with van der Waals surface area (Å²) >= 11 is 0. The molecular formula is C11H14FN3O2. The van der Waals surface area contributed by atoms with Crippen LogP contribution in [0.25, 0.3) is 0 Å². The number of benzene rings is 1. The molecule has 5 N–H and O–H groups in total. The summed E-state index contributed by atoms with van der Waals surface area (Å²) in [4.78, 5) is 22.3. The number of halogens is 1.